The first-order valence-electron chi connectivity index (χ1n) is 6.34. The van der Waals surface area contributed by atoms with Gasteiger partial charge in [-0.05, 0) is 32.6 Å². The van der Waals surface area contributed by atoms with Gasteiger partial charge in [-0.15, -0.1) is 0 Å². The van der Waals surface area contributed by atoms with Crippen LogP contribution in [-0.2, 0) is 0 Å². The summed E-state index contributed by atoms with van der Waals surface area (Å²) in [6, 6.07) is 0. The Morgan fingerprint density at radius 2 is 2.11 bits per heavy atom. The van der Waals surface area contributed by atoms with Crippen molar-refractivity contribution >= 4 is 11.6 Å². The van der Waals surface area contributed by atoms with Gasteiger partial charge in [-0.25, -0.2) is 15.8 Å². The van der Waals surface area contributed by atoms with Gasteiger partial charge in [0.1, 0.15) is 18.0 Å². The van der Waals surface area contributed by atoms with Crippen LogP contribution in [0.1, 0.15) is 25.3 Å². The van der Waals surface area contributed by atoms with Crippen molar-refractivity contribution in [3.8, 4) is 0 Å². The molecule has 1 unspecified atom stereocenters. The van der Waals surface area contributed by atoms with Crippen molar-refractivity contribution in [2.24, 2.45) is 11.8 Å². The summed E-state index contributed by atoms with van der Waals surface area (Å²) in [6.07, 6.45) is 3.29. The van der Waals surface area contributed by atoms with E-state index in [0.29, 0.717) is 11.7 Å². The van der Waals surface area contributed by atoms with E-state index >= 15 is 0 Å². The van der Waals surface area contributed by atoms with E-state index in [-0.39, 0.29) is 6.10 Å². The first-order chi connectivity index (χ1) is 8.63. The highest BCUT2D eigenvalue weighted by Crippen LogP contribution is 2.27. The molecule has 2 rings (SSSR count). The third-order valence-electron chi connectivity index (χ3n) is 3.72. The lowest BCUT2D eigenvalue weighted by atomic mass is 9.92. The molecule has 0 amide bonds. The second kappa shape index (κ2) is 5.49. The van der Waals surface area contributed by atoms with Crippen molar-refractivity contribution in [2.75, 3.05) is 23.4 Å². The van der Waals surface area contributed by atoms with Crippen molar-refractivity contribution in [3.05, 3.63) is 11.9 Å². The summed E-state index contributed by atoms with van der Waals surface area (Å²) in [5, 5.41) is 9.60. The topological polar surface area (TPSA) is 87.3 Å². The third-order valence-corrected chi connectivity index (χ3v) is 3.72. The van der Waals surface area contributed by atoms with Gasteiger partial charge in [0.05, 0.1) is 6.10 Å². The molecule has 0 radical (unpaired) electrons. The number of aromatic nitrogens is 2. The number of piperidine rings is 1. The van der Waals surface area contributed by atoms with Crippen LogP contribution in [-0.4, -0.2) is 34.3 Å². The first-order valence-corrected chi connectivity index (χ1v) is 6.34. The van der Waals surface area contributed by atoms with Crippen LogP contribution < -0.4 is 16.2 Å². The van der Waals surface area contributed by atoms with E-state index < -0.39 is 0 Å². The molecule has 0 aromatic carbocycles. The summed E-state index contributed by atoms with van der Waals surface area (Å²) in [7, 11) is 0. The van der Waals surface area contributed by atoms with Crippen LogP contribution in [0.5, 0.6) is 0 Å². The molecule has 0 bridgehead atoms. The van der Waals surface area contributed by atoms with Crippen molar-refractivity contribution in [1.82, 2.24) is 9.97 Å². The number of aliphatic hydroxyl groups is 1. The maximum absolute atomic E-state index is 9.60. The normalized spacial score (nSPS) is 18.8. The van der Waals surface area contributed by atoms with E-state index in [9.17, 15) is 5.11 Å². The SMILES string of the molecule is Cc1c(NN)ncnc1N1CCC(C(C)O)CC1. The molecular weight excluding hydrogens is 230 g/mol. The molecule has 1 saturated heterocycles. The Labute approximate surface area is 107 Å². The zero-order valence-electron chi connectivity index (χ0n) is 10.9. The lowest BCUT2D eigenvalue weighted by molar-refractivity contribution is 0.109. The minimum absolute atomic E-state index is 0.222. The zero-order chi connectivity index (χ0) is 13.1. The van der Waals surface area contributed by atoms with E-state index in [0.717, 1.165) is 37.3 Å². The van der Waals surface area contributed by atoms with Gasteiger partial charge in [0, 0.05) is 18.7 Å². The monoisotopic (exact) mass is 251 g/mol. The Morgan fingerprint density at radius 1 is 1.44 bits per heavy atom. The highest BCUT2D eigenvalue weighted by Gasteiger charge is 2.24. The molecule has 1 aromatic heterocycles. The predicted octanol–water partition coefficient (Wildman–Crippen LogP) is 0.668. The van der Waals surface area contributed by atoms with Gasteiger partial charge in [0.2, 0.25) is 0 Å². The number of anilines is 2. The smallest absolute Gasteiger partial charge is 0.148 e. The van der Waals surface area contributed by atoms with Gasteiger partial charge in [-0.2, -0.15) is 0 Å². The Morgan fingerprint density at radius 3 is 2.67 bits per heavy atom. The lowest BCUT2D eigenvalue weighted by Crippen LogP contribution is -2.38. The fourth-order valence-electron chi connectivity index (χ4n) is 2.50. The molecule has 0 spiro atoms. The van der Waals surface area contributed by atoms with Crippen molar-refractivity contribution in [2.45, 2.75) is 32.8 Å². The van der Waals surface area contributed by atoms with Crippen LogP contribution in [0.25, 0.3) is 0 Å². The van der Waals surface area contributed by atoms with E-state index in [1.165, 1.54) is 6.33 Å². The summed E-state index contributed by atoms with van der Waals surface area (Å²) in [4.78, 5) is 10.7. The molecular formula is C12H21N5O. The summed E-state index contributed by atoms with van der Waals surface area (Å²) in [6.45, 7) is 5.66. The minimum Gasteiger partial charge on any atom is -0.393 e. The van der Waals surface area contributed by atoms with Crippen molar-refractivity contribution < 1.29 is 5.11 Å². The van der Waals surface area contributed by atoms with Gasteiger partial charge in [-0.1, -0.05) is 0 Å². The average Bonchev–Trinajstić information content (AvgIpc) is 2.39. The summed E-state index contributed by atoms with van der Waals surface area (Å²) >= 11 is 0. The Bertz CT molecular complexity index is 401. The summed E-state index contributed by atoms with van der Waals surface area (Å²) < 4.78 is 0. The molecule has 6 heteroatoms. The molecule has 1 aliphatic heterocycles. The lowest BCUT2D eigenvalue weighted by Gasteiger charge is -2.34. The molecule has 6 nitrogen and oxygen atoms in total. The fraction of sp³-hybridized carbons (Fsp3) is 0.667. The van der Waals surface area contributed by atoms with Crippen LogP contribution in [0.2, 0.25) is 0 Å². The number of rotatable bonds is 3. The van der Waals surface area contributed by atoms with Crippen molar-refractivity contribution in [3.63, 3.8) is 0 Å². The zero-order valence-corrected chi connectivity index (χ0v) is 10.9. The highest BCUT2D eigenvalue weighted by atomic mass is 16.3. The van der Waals surface area contributed by atoms with Gasteiger partial charge in [-0.3, -0.25) is 0 Å². The third kappa shape index (κ3) is 2.54. The van der Waals surface area contributed by atoms with E-state index in [1.54, 1.807) is 0 Å². The Hall–Kier alpha value is -1.40. The number of hydrogen-bond donors (Lipinski definition) is 3. The number of hydrazine groups is 1. The van der Waals surface area contributed by atoms with Gasteiger partial charge in [0.15, 0.2) is 0 Å². The van der Waals surface area contributed by atoms with Crippen LogP contribution in [0.4, 0.5) is 11.6 Å². The number of hydrogen-bond acceptors (Lipinski definition) is 6. The predicted molar refractivity (Wildman–Crippen MR) is 71.2 cm³/mol. The second-order valence-corrected chi connectivity index (χ2v) is 4.88. The van der Waals surface area contributed by atoms with E-state index in [1.807, 2.05) is 13.8 Å². The minimum atomic E-state index is -0.222. The molecule has 18 heavy (non-hydrogen) atoms. The largest absolute Gasteiger partial charge is 0.393 e. The molecule has 1 aromatic rings. The number of nitrogens with two attached hydrogens (primary N) is 1. The van der Waals surface area contributed by atoms with Crippen LogP contribution >= 0.6 is 0 Å². The molecule has 0 aliphatic carbocycles. The standard InChI is InChI=1S/C12H21N5O/c1-8-11(16-13)14-7-15-12(8)17-5-3-10(4-6-17)9(2)18/h7,9-10,18H,3-6,13H2,1-2H3,(H,14,15,16). The average molecular weight is 251 g/mol. The number of nitrogen functional groups attached to an aromatic ring is 1. The summed E-state index contributed by atoms with van der Waals surface area (Å²) in [5.74, 6) is 7.41. The van der Waals surface area contributed by atoms with Crippen LogP contribution in [0, 0.1) is 12.8 Å². The van der Waals surface area contributed by atoms with E-state index in [2.05, 4.69) is 20.3 Å². The number of aliphatic hydroxyl groups excluding tert-OH is 1. The molecule has 1 aliphatic rings. The molecule has 4 N–H and O–H groups in total. The number of nitrogens with zero attached hydrogens (tertiary/aromatic N) is 3. The number of nitrogens with one attached hydrogen (secondary N) is 1. The molecule has 2 heterocycles. The fourth-order valence-corrected chi connectivity index (χ4v) is 2.50. The maximum atomic E-state index is 9.60. The highest BCUT2D eigenvalue weighted by molar-refractivity contribution is 5.57. The van der Waals surface area contributed by atoms with Gasteiger partial charge in [0.25, 0.3) is 0 Å². The van der Waals surface area contributed by atoms with Gasteiger partial charge >= 0.3 is 0 Å². The Balaban J connectivity index is 2.10. The maximum Gasteiger partial charge on any atom is 0.148 e. The van der Waals surface area contributed by atoms with Crippen molar-refractivity contribution in [1.29, 1.82) is 0 Å². The summed E-state index contributed by atoms with van der Waals surface area (Å²) in [5.41, 5.74) is 3.55. The first kappa shape index (κ1) is 13.0. The quantitative estimate of drug-likeness (QED) is 0.540. The van der Waals surface area contributed by atoms with Gasteiger partial charge < -0.3 is 15.4 Å². The molecule has 100 valence electrons. The van der Waals surface area contributed by atoms with E-state index in [4.69, 9.17) is 5.84 Å². The second-order valence-electron chi connectivity index (χ2n) is 4.88. The molecule has 0 saturated carbocycles. The van der Waals surface area contributed by atoms with Crippen LogP contribution in [0.15, 0.2) is 6.33 Å². The molecule has 1 atom stereocenters. The van der Waals surface area contributed by atoms with Crippen LogP contribution in [0.3, 0.4) is 0 Å². The Kier molecular flexibility index (Phi) is 3.98. The molecule has 1 fully saturated rings.